The molecule has 1 aromatic heterocycles. The van der Waals surface area contributed by atoms with Crippen molar-refractivity contribution < 1.29 is 9.53 Å². The van der Waals surface area contributed by atoms with E-state index in [1.165, 1.54) is 16.9 Å². The molecular weight excluding hydrogens is 402 g/mol. The van der Waals surface area contributed by atoms with Gasteiger partial charge in [-0.3, -0.25) is 4.79 Å². The Kier molecular flexibility index (Phi) is 6.13. The zero-order valence-corrected chi connectivity index (χ0v) is 17.3. The molecule has 0 fully saturated rings. The van der Waals surface area contributed by atoms with Crippen LogP contribution < -0.4 is 10.1 Å². The first-order valence-electron chi connectivity index (χ1n) is 9.46. The highest BCUT2D eigenvalue weighted by molar-refractivity contribution is 7.21. The van der Waals surface area contributed by atoms with Crippen LogP contribution in [-0.4, -0.2) is 12.5 Å². The van der Waals surface area contributed by atoms with Crippen LogP contribution in [0.15, 0.2) is 78.9 Å². The van der Waals surface area contributed by atoms with Crippen molar-refractivity contribution in [2.24, 2.45) is 0 Å². The quantitative estimate of drug-likeness (QED) is 0.332. The number of amides is 1. The number of thiophene rings is 1. The van der Waals surface area contributed by atoms with Gasteiger partial charge in [-0.15, -0.1) is 11.3 Å². The van der Waals surface area contributed by atoms with Crippen molar-refractivity contribution in [3.05, 3.63) is 94.3 Å². The van der Waals surface area contributed by atoms with Crippen LogP contribution >= 0.6 is 22.9 Å². The summed E-state index contributed by atoms with van der Waals surface area (Å²) < 4.78 is 6.93. The summed E-state index contributed by atoms with van der Waals surface area (Å²) in [6, 6.07) is 25.6. The van der Waals surface area contributed by atoms with Gasteiger partial charge in [0, 0.05) is 10.1 Å². The van der Waals surface area contributed by atoms with Crippen LogP contribution in [0.25, 0.3) is 10.1 Å². The lowest BCUT2D eigenvalue weighted by atomic mass is 10.1. The van der Waals surface area contributed by atoms with E-state index in [1.807, 2.05) is 66.7 Å². The second-order valence-corrected chi connectivity index (χ2v) is 8.06. The molecule has 146 valence electrons. The van der Waals surface area contributed by atoms with Crippen molar-refractivity contribution in [2.75, 3.05) is 11.9 Å². The van der Waals surface area contributed by atoms with Crippen molar-refractivity contribution in [3.63, 3.8) is 0 Å². The average molecular weight is 422 g/mol. The van der Waals surface area contributed by atoms with Gasteiger partial charge in [0.2, 0.25) is 0 Å². The third kappa shape index (κ3) is 4.61. The number of carbonyl (C=O) groups is 1. The van der Waals surface area contributed by atoms with Crippen LogP contribution in [0.1, 0.15) is 21.7 Å². The molecule has 0 aliphatic heterocycles. The molecule has 1 N–H and O–H groups in total. The lowest BCUT2D eigenvalue weighted by Crippen LogP contribution is -2.12. The molecule has 0 saturated heterocycles. The molecule has 0 saturated carbocycles. The predicted molar refractivity (Wildman–Crippen MR) is 121 cm³/mol. The first-order chi connectivity index (χ1) is 14.2. The van der Waals surface area contributed by atoms with Gasteiger partial charge in [0.15, 0.2) is 0 Å². The maximum absolute atomic E-state index is 12.8. The van der Waals surface area contributed by atoms with E-state index >= 15 is 0 Å². The Morgan fingerprint density at radius 3 is 2.48 bits per heavy atom. The molecule has 3 aromatic carbocycles. The van der Waals surface area contributed by atoms with E-state index in [0.717, 1.165) is 22.9 Å². The van der Waals surface area contributed by atoms with E-state index in [1.54, 1.807) is 0 Å². The van der Waals surface area contributed by atoms with Gasteiger partial charge in [0.25, 0.3) is 5.91 Å². The van der Waals surface area contributed by atoms with Gasteiger partial charge in [-0.25, -0.2) is 0 Å². The minimum atomic E-state index is -0.225. The number of nitrogens with one attached hydrogen (secondary N) is 1. The van der Waals surface area contributed by atoms with E-state index in [0.29, 0.717) is 27.9 Å². The smallest absolute Gasteiger partial charge is 0.267 e. The van der Waals surface area contributed by atoms with E-state index in [4.69, 9.17) is 16.3 Å². The van der Waals surface area contributed by atoms with E-state index < -0.39 is 0 Å². The van der Waals surface area contributed by atoms with Crippen molar-refractivity contribution in [3.8, 4) is 5.75 Å². The van der Waals surface area contributed by atoms with Crippen LogP contribution in [0, 0.1) is 0 Å². The number of fused-ring (bicyclic) bond motifs is 1. The Hall–Kier alpha value is -2.82. The molecule has 1 heterocycles. The van der Waals surface area contributed by atoms with Gasteiger partial charge < -0.3 is 10.1 Å². The molecule has 0 aliphatic carbocycles. The highest BCUT2D eigenvalue weighted by Gasteiger charge is 2.18. The lowest BCUT2D eigenvalue weighted by molar-refractivity contribution is 0.103. The van der Waals surface area contributed by atoms with Gasteiger partial charge in [-0.2, -0.15) is 0 Å². The zero-order valence-electron chi connectivity index (χ0n) is 15.7. The third-order valence-corrected chi connectivity index (χ3v) is 6.26. The lowest BCUT2D eigenvalue weighted by Gasteiger charge is -2.12. The van der Waals surface area contributed by atoms with Crippen LogP contribution in [0.4, 0.5) is 5.69 Å². The van der Waals surface area contributed by atoms with Gasteiger partial charge in [-0.05, 0) is 36.6 Å². The molecule has 0 spiro atoms. The van der Waals surface area contributed by atoms with E-state index in [-0.39, 0.29) is 5.91 Å². The van der Waals surface area contributed by atoms with Gasteiger partial charge >= 0.3 is 0 Å². The number of aryl methyl sites for hydroxylation is 1. The molecule has 0 unspecified atom stereocenters. The highest BCUT2D eigenvalue weighted by atomic mass is 35.5. The Labute approximate surface area is 178 Å². The second-order valence-electron chi connectivity index (χ2n) is 6.63. The van der Waals surface area contributed by atoms with Gasteiger partial charge in [-0.1, -0.05) is 72.3 Å². The summed E-state index contributed by atoms with van der Waals surface area (Å²) in [4.78, 5) is 13.3. The third-order valence-electron chi connectivity index (χ3n) is 4.59. The van der Waals surface area contributed by atoms with Crippen LogP contribution in [0.5, 0.6) is 5.75 Å². The molecule has 4 aromatic rings. The first kappa shape index (κ1) is 19.5. The molecule has 0 radical (unpaired) electrons. The SMILES string of the molecule is O=C(Nc1ccccc1OCCCc1ccccc1)c1sc2ccccc2c1Cl. The van der Waals surface area contributed by atoms with Crippen molar-refractivity contribution >= 4 is 44.6 Å². The standard InChI is InChI=1S/C24H20ClNO2S/c25-22-18-12-4-7-15-21(18)29-23(22)24(27)26-19-13-5-6-14-20(19)28-16-8-11-17-9-2-1-3-10-17/h1-7,9-10,12-15H,8,11,16H2,(H,26,27). The van der Waals surface area contributed by atoms with Crippen LogP contribution in [-0.2, 0) is 6.42 Å². The Bertz CT molecular complexity index is 1120. The number of hydrogen-bond donors (Lipinski definition) is 1. The fourth-order valence-electron chi connectivity index (χ4n) is 3.14. The van der Waals surface area contributed by atoms with Crippen LogP contribution in [0.3, 0.4) is 0 Å². The largest absolute Gasteiger partial charge is 0.491 e. The topological polar surface area (TPSA) is 38.3 Å². The number of benzene rings is 3. The molecule has 1 amide bonds. The summed E-state index contributed by atoms with van der Waals surface area (Å²) in [6.07, 6.45) is 1.85. The number of carbonyl (C=O) groups excluding carboxylic acids is 1. The molecule has 4 rings (SSSR count). The maximum Gasteiger partial charge on any atom is 0.267 e. The van der Waals surface area contributed by atoms with Crippen LogP contribution in [0.2, 0.25) is 5.02 Å². The van der Waals surface area contributed by atoms with Crippen molar-refractivity contribution in [2.45, 2.75) is 12.8 Å². The van der Waals surface area contributed by atoms with Gasteiger partial charge in [0.1, 0.15) is 10.6 Å². The predicted octanol–water partition coefficient (Wildman–Crippen LogP) is 6.82. The summed E-state index contributed by atoms with van der Waals surface area (Å²) >= 11 is 7.83. The molecule has 0 bridgehead atoms. The summed E-state index contributed by atoms with van der Waals surface area (Å²) in [5.74, 6) is 0.433. The molecule has 29 heavy (non-hydrogen) atoms. The average Bonchev–Trinajstić information content (AvgIpc) is 3.10. The number of para-hydroxylation sites is 2. The number of rotatable bonds is 7. The summed E-state index contributed by atoms with van der Waals surface area (Å²) in [5.41, 5.74) is 1.93. The fourth-order valence-corrected chi connectivity index (χ4v) is 4.55. The molecule has 3 nitrogen and oxygen atoms in total. The minimum Gasteiger partial charge on any atom is -0.491 e. The molecule has 5 heteroatoms. The number of hydrogen-bond acceptors (Lipinski definition) is 3. The maximum atomic E-state index is 12.8. The number of anilines is 1. The number of halogens is 1. The van der Waals surface area contributed by atoms with E-state index in [2.05, 4.69) is 17.4 Å². The summed E-state index contributed by atoms with van der Waals surface area (Å²) in [6.45, 7) is 0.575. The molecule has 0 atom stereocenters. The van der Waals surface area contributed by atoms with E-state index in [9.17, 15) is 4.79 Å². The Balaban J connectivity index is 1.42. The van der Waals surface area contributed by atoms with Crippen molar-refractivity contribution in [1.82, 2.24) is 0 Å². The second kappa shape index (κ2) is 9.12. The minimum absolute atomic E-state index is 0.225. The fraction of sp³-hybridized carbons (Fsp3) is 0.125. The normalized spacial score (nSPS) is 10.8. The Morgan fingerprint density at radius 2 is 1.66 bits per heavy atom. The summed E-state index contributed by atoms with van der Waals surface area (Å²) in [7, 11) is 0. The zero-order chi connectivity index (χ0) is 20.1. The monoisotopic (exact) mass is 421 g/mol. The first-order valence-corrected chi connectivity index (χ1v) is 10.7. The summed E-state index contributed by atoms with van der Waals surface area (Å²) in [5, 5.41) is 4.34. The Morgan fingerprint density at radius 1 is 0.931 bits per heavy atom. The number of ether oxygens (including phenoxy) is 1. The highest BCUT2D eigenvalue weighted by Crippen LogP contribution is 2.36. The molecular formula is C24H20ClNO2S. The molecule has 0 aliphatic rings. The van der Waals surface area contributed by atoms with Gasteiger partial charge in [0.05, 0.1) is 17.3 Å². The van der Waals surface area contributed by atoms with Crippen molar-refractivity contribution in [1.29, 1.82) is 0 Å².